The zero-order chi connectivity index (χ0) is 8.43. The number of aliphatic hydroxyl groups is 3. The van der Waals surface area contributed by atoms with Crippen molar-refractivity contribution in [2.24, 2.45) is 0 Å². The van der Waals surface area contributed by atoms with Gasteiger partial charge in [0.1, 0.15) is 12.2 Å². The monoisotopic (exact) mass is 163 g/mol. The maximum absolute atomic E-state index is 9.21. The Bertz CT molecular complexity index is 132. The first-order valence-electron chi connectivity index (χ1n) is 3.50. The summed E-state index contributed by atoms with van der Waals surface area (Å²) < 4.78 is 4.82. The molecule has 4 atom stereocenters. The number of nitrogens with one attached hydrogen (secondary N) is 1. The van der Waals surface area contributed by atoms with Crippen LogP contribution in [-0.4, -0.2) is 53.5 Å². The Morgan fingerprint density at radius 2 is 2.09 bits per heavy atom. The summed E-state index contributed by atoms with van der Waals surface area (Å²) in [4.78, 5) is 0. The Balaban J connectivity index is 2.57. The number of hydrogen-bond donors (Lipinski definition) is 4. The van der Waals surface area contributed by atoms with Crippen molar-refractivity contribution in [3.05, 3.63) is 0 Å². The van der Waals surface area contributed by atoms with Gasteiger partial charge in [0.2, 0.25) is 0 Å². The Hall–Kier alpha value is -0.200. The van der Waals surface area contributed by atoms with E-state index in [1.54, 1.807) is 7.05 Å². The minimum atomic E-state index is -1.19. The number of hydrogen-bond acceptors (Lipinski definition) is 5. The average molecular weight is 163 g/mol. The van der Waals surface area contributed by atoms with Crippen molar-refractivity contribution in [3.63, 3.8) is 0 Å². The van der Waals surface area contributed by atoms with E-state index in [9.17, 15) is 5.11 Å². The lowest BCUT2D eigenvalue weighted by atomic mass is 10.1. The van der Waals surface area contributed by atoms with Gasteiger partial charge in [-0.25, -0.2) is 0 Å². The van der Waals surface area contributed by atoms with E-state index in [4.69, 9.17) is 14.9 Å². The SMILES string of the molecule is CN[C@@H]1[C@@H](O)[C@@H](O)O[C@@H]1CO. The molecule has 0 saturated carbocycles. The summed E-state index contributed by atoms with van der Waals surface area (Å²) in [6.45, 7) is -0.209. The van der Waals surface area contributed by atoms with E-state index in [-0.39, 0.29) is 6.61 Å². The predicted molar refractivity (Wildman–Crippen MR) is 36.8 cm³/mol. The Kier molecular flexibility index (Phi) is 2.80. The van der Waals surface area contributed by atoms with Gasteiger partial charge in [0.25, 0.3) is 0 Å². The second kappa shape index (κ2) is 3.46. The van der Waals surface area contributed by atoms with E-state index in [2.05, 4.69) is 5.32 Å². The minimum absolute atomic E-state index is 0.209. The molecular formula is C6H13NO4. The zero-order valence-corrected chi connectivity index (χ0v) is 6.27. The fourth-order valence-electron chi connectivity index (χ4n) is 1.25. The topological polar surface area (TPSA) is 82.0 Å². The van der Waals surface area contributed by atoms with Gasteiger partial charge in [0, 0.05) is 0 Å². The zero-order valence-electron chi connectivity index (χ0n) is 6.27. The highest BCUT2D eigenvalue weighted by Gasteiger charge is 2.41. The molecule has 0 radical (unpaired) electrons. The number of ether oxygens (including phenoxy) is 1. The molecule has 0 aromatic heterocycles. The maximum atomic E-state index is 9.21. The molecular weight excluding hydrogens is 150 g/mol. The second-order valence-electron chi connectivity index (χ2n) is 2.55. The van der Waals surface area contributed by atoms with Crippen molar-refractivity contribution in [2.75, 3.05) is 13.7 Å². The van der Waals surface area contributed by atoms with Gasteiger partial charge in [-0.3, -0.25) is 0 Å². The molecule has 0 unspecified atom stereocenters. The molecule has 0 aliphatic carbocycles. The first kappa shape index (κ1) is 8.89. The lowest BCUT2D eigenvalue weighted by molar-refractivity contribution is -0.132. The minimum Gasteiger partial charge on any atom is -0.394 e. The van der Waals surface area contributed by atoms with Crippen LogP contribution < -0.4 is 5.32 Å². The van der Waals surface area contributed by atoms with Gasteiger partial charge >= 0.3 is 0 Å². The summed E-state index contributed by atoms with van der Waals surface area (Å²) in [5, 5.41) is 29.7. The molecule has 66 valence electrons. The number of rotatable bonds is 2. The van der Waals surface area contributed by atoms with Crippen molar-refractivity contribution >= 4 is 0 Å². The first-order chi connectivity index (χ1) is 5.20. The van der Waals surface area contributed by atoms with Crippen molar-refractivity contribution in [1.29, 1.82) is 0 Å². The van der Waals surface area contributed by atoms with Crippen LogP contribution >= 0.6 is 0 Å². The Morgan fingerprint density at radius 3 is 2.45 bits per heavy atom. The standard InChI is InChI=1S/C6H13NO4/c1-7-4-3(2-8)11-6(10)5(4)9/h3-10H,2H2,1H3/t3-,4+,5-,6+/m1/s1. The van der Waals surface area contributed by atoms with Gasteiger partial charge in [-0.15, -0.1) is 0 Å². The highest BCUT2D eigenvalue weighted by molar-refractivity contribution is 4.90. The molecule has 4 N–H and O–H groups in total. The molecule has 0 spiro atoms. The van der Waals surface area contributed by atoms with Gasteiger partial charge in [0.15, 0.2) is 6.29 Å². The lowest BCUT2D eigenvalue weighted by Gasteiger charge is -2.16. The van der Waals surface area contributed by atoms with Crippen molar-refractivity contribution in [2.45, 2.75) is 24.5 Å². The van der Waals surface area contributed by atoms with Gasteiger partial charge in [0.05, 0.1) is 12.6 Å². The fourth-order valence-corrected chi connectivity index (χ4v) is 1.25. The molecule has 5 heteroatoms. The van der Waals surface area contributed by atoms with Crippen LogP contribution in [0.4, 0.5) is 0 Å². The fraction of sp³-hybridized carbons (Fsp3) is 1.00. The highest BCUT2D eigenvalue weighted by Crippen LogP contribution is 2.18. The normalized spacial score (nSPS) is 44.7. The molecule has 0 aromatic carbocycles. The van der Waals surface area contributed by atoms with Crippen LogP contribution in [0.1, 0.15) is 0 Å². The molecule has 11 heavy (non-hydrogen) atoms. The van der Waals surface area contributed by atoms with Gasteiger partial charge in [-0.05, 0) is 7.05 Å². The van der Waals surface area contributed by atoms with E-state index in [1.807, 2.05) is 0 Å². The summed E-state index contributed by atoms with van der Waals surface area (Å²) in [5.41, 5.74) is 0. The average Bonchev–Trinajstić information content (AvgIpc) is 2.28. The molecule has 0 aromatic rings. The van der Waals surface area contributed by atoms with Gasteiger partial charge < -0.3 is 25.4 Å². The van der Waals surface area contributed by atoms with Crippen LogP contribution in [0.15, 0.2) is 0 Å². The molecule has 0 bridgehead atoms. The van der Waals surface area contributed by atoms with Crippen LogP contribution in [0.3, 0.4) is 0 Å². The predicted octanol–water partition coefficient (Wildman–Crippen LogP) is -2.36. The van der Waals surface area contributed by atoms with E-state index >= 15 is 0 Å². The summed E-state index contributed by atoms with van der Waals surface area (Å²) >= 11 is 0. The summed E-state index contributed by atoms with van der Waals surface area (Å²) in [5.74, 6) is 0. The van der Waals surface area contributed by atoms with E-state index < -0.39 is 24.5 Å². The molecule has 1 aliphatic rings. The molecule has 1 fully saturated rings. The van der Waals surface area contributed by atoms with Crippen molar-refractivity contribution in [1.82, 2.24) is 5.32 Å². The Morgan fingerprint density at radius 1 is 1.45 bits per heavy atom. The molecule has 1 aliphatic heterocycles. The van der Waals surface area contributed by atoms with Crippen LogP contribution in [0, 0.1) is 0 Å². The second-order valence-corrected chi connectivity index (χ2v) is 2.55. The maximum Gasteiger partial charge on any atom is 0.182 e. The molecule has 1 saturated heterocycles. The number of likely N-dealkylation sites (N-methyl/N-ethyl adjacent to an activating group) is 1. The molecule has 5 nitrogen and oxygen atoms in total. The van der Waals surface area contributed by atoms with Gasteiger partial charge in [-0.1, -0.05) is 0 Å². The van der Waals surface area contributed by atoms with E-state index in [0.717, 1.165) is 0 Å². The molecule has 0 amide bonds. The van der Waals surface area contributed by atoms with Crippen molar-refractivity contribution < 1.29 is 20.1 Å². The third-order valence-electron chi connectivity index (χ3n) is 1.89. The molecule has 1 rings (SSSR count). The summed E-state index contributed by atoms with van der Waals surface area (Å²) in [7, 11) is 1.64. The van der Waals surface area contributed by atoms with E-state index in [0.29, 0.717) is 0 Å². The Labute approximate surface area is 64.6 Å². The number of aliphatic hydroxyl groups excluding tert-OH is 3. The molecule has 1 heterocycles. The smallest absolute Gasteiger partial charge is 0.182 e. The van der Waals surface area contributed by atoms with Crippen LogP contribution in [0.5, 0.6) is 0 Å². The third-order valence-corrected chi connectivity index (χ3v) is 1.89. The van der Waals surface area contributed by atoms with Crippen molar-refractivity contribution in [3.8, 4) is 0 Å². The van der Waals surface area contributed by atoms with Crippen LogP contribution in [-0.2, 0) is 4.74 Å². The third kappa shape index (κ3) is 1.52. The summed E-state index contributed by atoms with van der Waals surface area (Å²) in [6.07, 6.45) is -2.67. The summed E-state index contributed by atoms with van der Waals surface area (Å²) in [6, 6.07) is -0.394. The van der Waals surface area contributed by atoms with Crippen LogP contribution in [0.25, 0.3) is 0 Å². The van der Waals surface area contributed by atoms with Crippen LogP contribution in [0.2, 0.25) is 0 Å². The van der Waals surface area contributed by atoms with Gasteiger partial charge in [-0.2, -0.15) is 0 Å². The lowest BCUT2D eigenvalue weighted by Crippen LogP contribution is -2.44. The quantitative estimate of drug-likeness (QED) is 0.366. The largest absolute Gasteiger partial charge is 0.394 e. The highest BCUT2D eigenvalue weighted by atomic mass is 16.6. The van der Waals surface area contributed by atoms with E-state index in [1.165, 1.54) is 0 Å². The first-order valence-corrected chi connectivity index (χ1v) is 3.50.